The van der Waals surface area contributed by atoms with Crippen LogP contribution in [-0.4, -0.2) is 49.4 Å². The predicted octanol–water partition coefficient (Wildman–Crippen LogP) is 0.689. The number of benzene rings is 1. The van der Waals surface area contributed by atoms with E-state index < -0.39 is 34.4 Å². The van der Waals surface area contributed by atoms with Crippen LogP contribution in [0.5, 0.6) is 5.75 Å². The topological polar surface area (TPSA) is 127 Å². The molecular formula is C14H17ClN2O6S. The van der Waals surface area contributed by atoms with Crippen LogP contribution in [0, 0.1) is 5.92 Å². The monoisotopic (exact) mass is 376 g/mol. The maximum absolute atomic E-state index is 12.9. The number of hydrogen-bond donors (Lipinski definition) is 2. The molecule has 0 aliphatic carbocycles. The lowest BCUT2D eigenvalue weighted by molar-refractivity contribution is -0.142. The first-order valence-electron chi connectivity index (χ1n) is 7.15. The van der Waals surface area contributed by atoms with Crippen LogP contribution in [0.2, 0.25) is 5.02 Å². The van der Waals surface area contributed by atoms with Crippen molar-refractivity contribution >= 4 is 33.5 Å². The number of primary amides is 1. The van der Waals surface area contributed by atoms with Gasteiger partial charge in [-0.2, -0.15) is 4.31 Å². The summed E-state index contributed by atoms with van der Waals surface area (Å²) in [5, 5.41) is 9.29. The van der Waals surface area contributed by atoms with Gasteiger partial charge in [0, 0.05) is 18.1 Å². The molecule has 1 saturated heterocycles. The van der Waals surface area contributed by atoms with Gasteiger partial charge < -0.3 is 15.6 Å². The number of piperidine rings is 1. The van der Waals surface area contributed by atoms with Gasteiger partial charge in [-0.05, 0) is 31.0 Å². The molecule has 0 bridgehead atoms. The summed E-state index contributed by atoms with van der Waals surface area (Å²) in [6.07, 6.45) is 0.857. The van der Waals surface area contributed by atoms with Gasteiger partial charge in [0.05, 0.1) is 5.92 Å². The van der Waals surface area contributed by atoms with Crippen molar-refractivity contribution in [1.82, 2.24) is 4.31 Å². The number of nitrogens with zero attached hydrogens (tertiary/aromatic N) is 1. The van der Waals surface area contributed by atoms with Gasteiger partial charge in [-0.1, -0.05) is 11.6 Å². The van der Waals surface area contributed by atoms with Gasteiger partial charge >= 0.3 is 5.97 Å². The second-order valence-electron chi connectivity index (χ2n) is 5.39. The lowest BCUT2D eigenvalue weighted by Gasteiger charge is -2.30. The number of sulfonamides is 1. The first-order chi connectivity index (χ1) is 11.2. The van der Waals surface area contributed by atoms with Gasteiger partial charge in [-0.25, -0.2) is 8.42 Å². The summed E-state index contributed by atoms with van der Waals surface area (Å²) in [5.74, 6) is -2.61. The molecule has 0 aromatic heterocycles. The highest BCUT2D eigenvalue weighted by molar-refractivity contribution is 7.89. The minimum Gasteiger partial charge on any atom is -0.482 e. The first-order valence-corrected chi connectivity index (χ1v) is 8.97. The molecule has 1 unspecified atom stereocenters. The lowest BCUT2D eigenvalue weighted by atomic mass is 10.0. The molecule has 3 N–H and O–H groups in total. The van der Waals surface area contributed by atoms with Crippen LogP contribution >= 0.6 is 11.6 Å². The fourth-order valence-electron chi connectivity index (χ4n) is 2.45. The number of aliphatic carboxylic acids is 1. The molecule has 132 valence electrons. The summed E-state index contributed by atoms with van der Waals surface area (Å²) < 4.78 is 31.9. The minimum atomic E-state index is -4.02. The summed E-state index contributed by atoms with van der Waals surface area (Å²) in [5.41, 5.74) is 5.01. The molecule has 24 heavy (non-hydrogen) atoms. The molecule has 0 saturated carbocycles. The van der Waals surface area contributed by atoms with Crippen LogP contribution in [-0.2, 0) is 19.6 Å². The molecule has 1 fully saturated rings. The summed E-state index contributed by atoms with van der Waals surface area (Å²) in [6.45, 7) is -0.408. The molecule has 1 aliphatic heterocycles. The summed E-state index contributed by atoms with van der Waals surface area (Å²) in [4.78, 5) is 21.8. The van der Waals surface area contributed by atoms with Crippen molar-refractivity contribution in [3.63, 3.8) is 0 Å². The first kappa shape index (κ1) is 18.5. The van der Waals surface area contributed by atoms with Gasteiger partial charge in [-0.15, -0.1) is 0 Å². The van der Waals surface area contributed by atoms with E-state index in [9.17, 15) is 18.0 Å². The molecule has 8 nitrogen and oxygen atoms in total. The van der Waals surface area contributed by atoms with Crippen LogP contribution in [0.25, 0.3) is 0 Å². The Hall–Kier alpha value is -1.84. The maximum Gasteiger partial charge on any atom is 0.307 e. The normalized spacial score (nSPS) is 19.0. The number of hydrogen-bond acceptors (Lipinski definition) is 5. The standard InChI is InChI=1S/C14H17ClN2O6S/c15-10-3-4-11(23-8-13(16)18)12(6-10)24(21,22)17-5-1-2-9(7-17)14(19)20/h3-4,6,9H,1-2,5,7-8H2,(H2,16,18)(H,19,20). The fraction of sp³-hybridized carbons (Fsp3) is 0.429. The highest BCUT2D eigenvalue weighted by atomic mass is 35.5. The van der Waals surface area contributed by atoms with Gasteiger partial charge in [0.25, 0.3) is 5.91 Å². The second kappa shape index (κ2) is 7.37. The molecule has 10 heteroatoms. The minimum absolute atomic E-state index is 0.0596. The third-order valence-corrected chi connectivity index (χ3v) is 5.75. The average Bonchev–Trinajstić information content (AvgIpc) is 2.53. The maximum atomic E-state index is 12.9. The lowest BCUT2D eigenvalue weighted by Crippen LogP contribution is -2.42. The van der Waals surface area contributed by atoms with Crippen molar-refractivity contribution in [1.29, 1.82) is 0 Å². The zero-order valence-corrected chi connectivity index (χ0v) is 14.2. The van der Waals surface area contributed by atoms with Gasteiger partial charge in [0.15, 0.2) is 6.61 Å². The zero-order valence-electron chi connectivity index (χ0n) is 12.6. The molecule has 2 rings (SSSR count). The Morgan fingerprint density at radius 2 is 2.12 bits per heavy atom. The van der Waals surface area contributed by atoms with Crippen molar-refractivity contribution in [2.45, 2.75) is 17.7 Å². The van der Waals surface area contributed by atoms with Crippen molar-refractivity contribution < 1.29 is 27.9 Å². The van der Waals surface area contributed by atoms with E-state index in [0.29, 0.717) is 12.8 Å². The number of carboxylic acids is 1. The van der Waals surface area contributed by atoms with E-state index in [1.165, 1.54) is 18.2 Å². The summed E-state index contributed by atoms with van der Waals surface area (Å²) in [7, 11) is -4.02. The van der Waals surface area contributed by atoms with Crippen LogP contribution in [0.4, 0.5) is 0 Å². The Bertz CT molecular complexity index is 752. The molecule has 0 spiro atoms. The van der Waals surface area contributed by atoms with E-state index in [2.05, 4.69) is 0 Å². The Kier molecular flexibility index (Phi) is 5.68. The van der Waals surface area contributed by atoms with E-state index >= 15 is 0 Å². The molecule has 1 aromatic carbocycles. The number of carboxylic acid groups (broad SMARTS) is 1. The second-order valence-corrected chi connectivity index (χ2v) is 7.73. The summed E-state index contributed by atoms with van der Waals surface area (Å²) in [6, 6.07) is 3.96. The smallest absolute Gasteiger partial charge is 0.307 e. The quantitative estimate of drug-likeness (QED) is 0.751. The van der Waals surface area contributed by atoms with Crippen molar-refractivity contribution in [3.05, 3.63) is 23.2 Å². The van der Waals surface area contributed by atoms with E-state index in [-0.39, 0.29) is 28.8 Å². The fourth-order valence-corrected chi connectivity index (χ4v) is 4.37. The SMILES string of the molecule is NC(=O)COc1ccc(Cl)cc1S(=O)(=O)N1CCCC(C(=O)O)C1. The third kappa shape index (κ3) is 4.16. The van der Waals surface area contributed by atoms with Gasteiger partial charge in [0.2, 0.25) is 10.0 Å². The van der Waals surface area contributed by atoms with Gasteiger partial charge in [0.1, 0.15) is 10.6 Å². The predicted molar refractivity (Wildman–Crippen MR) is 85.3 cm³/mol. The Labute approximate surface area is 144 Å². The number of ether oxygens (including phenoxy) is 1. The molecular weight excluding hydrogens is 360 g/mol. The highest BCUT2D eigenvalue weighted by Gasteiger charge is 2.35. The van der Waals surface area contributed by atoms with E-state index in [1.54, 1.807) is 0 Å². The number of carbonyl (C=O) groups excluding carboxylic acids is 1. The molecule has 0 radical (unpaired) electrons. The van der Waals surface area contributed by atoms with Gasteiger partial charge in [-0.3, -0.25) is 9.59 Å². The van der Waals surface area contributed by atoms with Crippen LogP contribution < -0.4 is 10.5 Å². The number of amides is 1. The van der Waals surface area contributed by atoms with Crippen LogP contribution in [0.1, 0.15) is 12.8 Å². The zero-order chi connectivity index (χ0) is 17.9. The third-order valence-electron chi connectivity index (χ3n) is 3.63. The van der Waals surface area contributed by atoms with E-state index in [1.807, 2.05) is 0 Å². The summed E-state index contributed by atoms with van der Waals surface area (Å²) >= 11 is 5.88. The Morgan fingerprint density at radius 3 is 2.75 bits per heavy atom. The molecule has 1 heterocycles. The van der Waals surface area contributed by atoms with Crippen molar-refractivity contribution in [2.75, 3.05) is 19.7 Å². The number of carbonyl (C=O) groups is 2. The Balaban J connectivity index is 2.35. The largest absolute Gasteiger partial charge is 0.482 e. The van der Waals surface area contributed by atoms with Crippen molar-refractivity contribution in [2.24, 2.45) is 11.7 Å². The molecule has 1 aliphatic rings. The molecule has 1 amide bonds. The van der Waals surface area contributed by atoms with Crippen molar-refractivity contribution in [3.8, 4) is 5.75 Å². The van der Waals surface area contributed by atoms with E-state index in [0.717, 1.165) is 4.31 Å². The highest BCUT2D eigenvalue weighted by Crippen LogP contribution is 2.32. The number of nitrogens with two attached hydrogens (primary N) is 1. The van der Waals surface area contributed by atoms with E-state index in [4.69, 9.17) is 27.2 Å². The molecule has 1 aromatic rings. The number of halogens is 1. The molecule has 1 atom stereocenters. The van der Waals surface area contributed by atoms with Crippen LogP contribution in [0.15, 0.2) is 23.1 Å². The number of rotatable bonds is 6. The average molecular weight is 377 g/mol. The Morgan fingerprint density at radius 1 is 1.42 bits per heavy atom. The van der Waals surface area contributed by atoms with Crippen LogP contribution in [0.3, 0.4) is 0 Å².